The average molecular weight is 617 g/mol. The molecule has 0 atom stereocenters. The third kappa shape index (κ3) is 6.29. The Morgan fingerprint density at radius 3 is 2.65 bits per heavy atom. The summed E-state index contributed by atoms with van der Waals surface area (Å²) in [7, 11) is -4.22. The quantitative estimate of drug-likeness (QED) is 0.225. The average Bonchev–Trinajstić information content (AvgIpc) is 3.30. The van der Waals surface area contributed by atoms with E-state index in [1.54, 1.807) is 10.7 Å². The third-order valence-electron chi connectivity index (χ3n) is 7.05. The van der Waals surface area contributed by atoms with E-state index >= 15 is 0 Å². The molecule has 5 aromatic rings. The topological polar surface area (TPSA) is 141 Å². The lowest BCUT2D eigenvalue weighted by Gasteiger charge is -2.10. The molecule has 0 bridgehead atoms. The van der Waals surface area contributed by atoms with Crippen LogP contribution < -0.4 is 5.14 Å². The normalized spacial score (nSPS) is 13.1. The van der Waals surface area contributed by atoms with Gasteiger partial charge in [0.2, 0.25) is 15.2 Å². The van der Waals surface area contributed by atoms with Crippen LogP contribution in [0.3, 0.4) is 0 Å². The lowest BCUT2D eigenvalue weighted by atomic mass is 9.96. The van der Waals surface area contributed by atoms with Gasteiger partial charge in [0.25, 0.3) is 0 Å². The summed E-state index contributed by atoms with van der Waals surface area (Å²) in [6, 6.07) is 15.0. The number of nitrogens with two attached hydrogens (primary N) is 1. The van der Waals surface area contributed by atoms with Crippen LogP contribution in [-0.4, -0.2) is 34.3 Å². The molecule has 0 unspecified atom stereocenters. The zero-order valence-corrected chi connectivity index (χ0v) is 24.5. The van der Waals surface area contributed by atoms with Crippen molar-refractivity contribution in [2.24, 2.45) is 11.1 Å². The number of aromatic carboxylic acids is 1. The molecule has 1 aliphatic carbocycles. The molecule has 43 heavy (non-hydrogen) atoms. The monoisotopic (exact) mass is 616 g/mol. The Kier molecular flexibility index (Phi) is 7.47. The molecule has 12 heteroatoms. The molecule has 1 aliphatic rings. The summed E-state index contributed by atoms with van der Waals surface area (Å²) in [5, 5.41) is 21.5. The zero-order valence-electron chi connectivity index (χ0n) is 22.9. The number of primary sulfonamides is 1. The molecule has 218 valence electrons. The number of carboxylic acid groups (broad SMARTS) is 1. The SMILES string of the molecule is Cc1ccc(C#Cc2cccc(-c3nn(-c4nc(C(=O)O)cs4)c(CC4CC4)c3Cc3ccc(S(N)(=O)=O)c(F)c3)c2)o1. The molecule has 1 fully saturated rings. The van der Waals surface area contributed by atoms with E-state index in [1.165, 1.54) is 28.8 Å². The minimum Gasteiger partial charge on any atom is -0.476 e. The number of aryl methyl sites for hydroxylation is 1. The third-order valence-corrected chi connectivity index (χ3v) is 8.81. The molecule has 0 saturated heterocycles. The maximum absolute atomic E-state index is 14.9. The van der Waals surface area contributed by atoms with Gasteiger partial charge in [-0.25, -0.2) is 32.4 Å². The molecule has 0 radical (unpaired) electrons. The summed E-state index contributed by atoms with van der Waals surface area (Å²) in [6.07, 6.45) is 3.00. The second kappa shape index (κ2) is 11.3. The van der Waals surface area contributed by atoms with E-state index in [2.05, 4.69) is 16.8 Å². The first-order chi connectivity index (χ1) is 20.5. The van der Waals surface area contributed by atoms with Gasteiger partial charge in [-0.2, -0.15) is 5.10 Å². The number of aromatic nitrogens is 3. The molecule has 1 saturated carbocycles. The number of benzene rings is 2. The Labute approximate surface area is 250 Å². The number of hydrogen-bond acceptors (Lipinski definition) is 7. The van der Waals surface area contributed by atoms with Crippen LogP contribution in [0.15, 0.2) is 69.3 Å². The second-order valence-electron chi connectivity index (χ2n) is 10.4. The first-order valence-electron chi connectivity index (χ1n) is 13.4. The molecule has 3 aromatic heterocycles. The van der Waals surface area contributed by atoms with Gasteiger partial charge in [0.05, 0.1) is 11.4 Å². The molecule has 0 spiro atoms. The van der Waals surface area contributed by atoms with Crippen molar-refractivity contribution in [3.63, 3.8) is 0 Å². The van der Waals surface area contributed by atoms with Gasteiger partial charge in [-0.1, -0.05) is 24.1 Å². The maximum Gasteiger partial charge on any atom is 0.355 e. The van der Waals surface area contributed by atoms with Crippen LogP contribution in [0, 0.1) is 30.5 Å². The first kappa shape index (κ1) is 28.5. The van der Waals surface area contributed by atoms with Crippen molar-refractivity contribution in [3.05, 3.63) is 105 Å². The van der Waals surface area contributed by atoms with Crippen molar-refractivity contribution < 1.29 is 27.1 Å². The number of hydrogen-bond donors (Lipinski definition) is 2. The van der Waals surface area contributed by atoms with Crippen molar-refractivity contribution in [2.75, 3.05) is 0 Å². The maximum atomic E-state index is 14.9. The van der Waals surface area contributed by atoms with Crippen LogP contribution in [0.25, 0.3) is 16.4 Å². The summed E-state index contributed by atoms with van der Waals surface area (Å²) in [6.45, 7) is 1.85. The predicted octanol–water partition coefficient (Wildman–Crippen LogP) is 5.33. The first-order valence-corrected chi connectivity index (χ1v) is 15.8. The molecule has 0 aliphatic heterocycles. The second-order valence-corrected chi connectivity index (χ2v) is 12.7. The minimum absolute atomic E-state index is 0.0814. The van der Waals surface area contributed by atoms with Crippen LogP contribution >= 0.6 is 11.3 Å². The zero-order chi connectivity index (χ0) is 30.3. The molecule has 0 amide bonds. The lowest BCUT2D eigenvalue weighted by molar-refractivity contribution is 0.0691. The molecular formula is C31H25FN4O5S2. The van der Waals surface area contributed by atoms with Crippen molar-refractivity contribution in [2.45, 2.75) is 37.5 Å². The van der Waals surface area contributed by atoms with Gasteiger partial charge >= 0.3 is 5.97 Å². The fraction of sp³-hybridized carbons (Fsp3) is 0.194. The standard InChI is InChI=1S/C31H25FN4O5S2/c1-18-5-10-23(41-18)11-8-19-3-2-4-22(13-19)29-24(14-21-9-12-28(25(32)15-21)43(33,39)40)27(16-20-6-7-20)36(35-29)31-34-26(17-42-31)30(37)38/h2-5,9-10,12-13,15,17,20H,6-7,14,16H2,1H3,(H,37,38)(H2,33,39,40). The summed E-state index contributed by atoms with van der Waals surface area (Å²) >= 11 is 1.17. The highest BCUT2D eigenvalue weighted by Gasteiger charge is 2.29. The van der Waals surface area contributed by atoms with Gasteiger partial charge in [0, 0.05) is 28.5 Å². The Balaban J connectivity index is 1.49. The van der Waals surface area contributed by atoms with E-state index in [-0.39, 0.29) is 12.1 Å². The molecule has 2 aromatic carbocycles. The van der Waals surface area contributed by atoms with Gasteiger partial charge in [-0.05, 0) is 80.0 Å². The molecule has 3 N–H and O–H groups in total. The summed E-state index contributed by atoms with van der Waals surface area (Å²) in [4.78, 5) is 15.3. The van der Waals surface area contributed by atoms with Crippen LogP contribution in [0.1, 0.15) is 57.2 Å². The smallest absolute Gasteiger partial charge is 0.355 e. The van der Waals surface area contributed by atoms with Gasteiger partial charge in [0.15, 0.2) is 11.5 Å². The highest BCUT2D eigenvalue weighted by atomic mass is 32.2. The van der Waals surface area contributed by atoms with Crippen molar-refractivity contribution in [1.29, 1.82) is 0 Å². The molecule has 9 nitrogen and oxygen atoms in total. The van der Waals surface area contributed by atoms with Gasteiger partial charge in [-0.15, -0.1) is 11.3 Å². The highest BCUT2D eigenvalue weighted by molar-refractivity contribution is 7.89. The van der Waals surface area contributed by atoms with Crippen LogP contribution in [0.4, 0.5) is 4.39 Å². The number of nitrogens with zero attached hydrogens (tertiary/aromatic N) is 3. The molecule has 3 heterocycles. The Bertz CT molecular complexity index is 2040. The molecule has 6 rings (SSSR count). The van der Waals surface area contributed by atoms with Crippen molar-refractivity contribution in [1.82, 2.24) is 14.8 Å². The number of sulfonamides is 1. The van der Waals surface area contributed by atoms with Gasteiger partial charge in [0.1, 0.15) is 16.5 Å². The van der Waals surface area contributed by atoms with E-state index in [0.29, 0.717) is 34.5 Å². The number of carboxylic acids is 1. The van der Waals surface area contributed by atoms with Crippen molar-refractivity contribution in [3.8, 4) is 28.2 Å². The Morgan fingerprint density at radius 2 is 2.00 bits per heavy atom. The van der Waals surface area contributed by atoms with E-state index in [4.69, 9.17) is 14.7 Å². The fourth-order valence-corrected chi connectivity index (χ4v) is 6.16. The Hall–Kier alpha value is -4.57. The van der Waals surface area contributed by atoms with E-state index in [9.17, 15) is 22.7 Å². The van der Waals surface area contributed by atoms with Gasteiger partial charge in [-0.3, -0.25) is 0 Å². The number of rotatable bonds is 8. The lowest BCUT2D eigenvalue weighted by Crippen LogP contribution is -2.14. The highest BCUT2D eigenvalue weighted by Crippen LogP contribution is 2.38. The van der Waals surface area contributed by atoms with Gasteiger partial charge < -0.3 is 9.52 Å². The minimum atomic E-state index is -4.22. The number of halogens is 1. The van der Waals surface area contributed by atoms with E-state index in [1.807, 2.05) is 37.3 Å². The number of thiazole rings is 1. The number of carbonyl (C=O) groups is 1. The molecular weight excluding hydrogens is 591 g/mol. The summed E-state index contributed by atoms with van der Waals surface area (Å²) in [5.41, 5.74) is 4.16. The fourth-order valence-electron chi connectivity index (χ4n) is 4.79. The summed E-state index contributed by atoms with van der Waals surface area (Å²) < 4.78 is 45.7. The Morgan fingerprint density at radius 1 is 1.19 bits per heavy atom. The van der Waals surface area contributed by atoms with Crippen LogP contribution in [0.2, 0.25) is 0 Å². The summed E-state index contributed by atoms with van der Waals surface area (Å²) in [5.74, 6) is 5.80. The van der Waals surface area contributed by atoms with E-state index < -0.39 is 26.7 Å². The van der Waals surface area contributed by atoms with Crippen LogP contribution in [0.5, 0.6) is 0 Å². The van der Waals surface area contributed by atoms with E-state index in [0.717, 1.165) is 47.1 Å². The van der Waals surface area contributed by atoms with Crippen molar-refractivity contribution >= 4 is 27.3 Å². The number of furan rings is 1. The van der Waals surface area contributed by atoms with Crippen LogP contribution in [-0.2, 0) is 22.9 Å². The largest absolute Gasteiger partial charge is 0.476 e. The predicted molar refractivity (Wildman–Crippen MR) is 158 cm³/mol.